The van der Waals surface area contributed by atoms with Crippen LogP contribution in [0.1, 0.15) is 6.92 Å². The van der Waals surface area contributed by atoms with Crippen LogP contribution in [0.5, 0.6) is 0 Å². The molecule has 5 nitrogen and oxygen atoms in total. The van der Waals surface area contributed by atoms with Crippen LogP contribution < -0.4 is 0 Å². The number of hydrogen-bond acceptors (Lipinski definition) is 6. The first-order valence-electron chi connectivity index (χ1n) is 5.09. The normalized spacial score (nSPS) is 31.7. The smallest absolute Gasteiger partial charge is 0.465 e. The van der Waals surface area contributed by atoms with Crippen LogP contribution in [0, 0.1) is 0 Å². The molecule has 0 aromatic heterocycles. The monoisotopic (exact) mass is 342 g/mol. The summed E-state index contributed by atoms with van der Waals surface area (Å²) < 4.78 is 67.1. The highest BCUT2D eigenvalue weighted by molar-refractivity contribution is 8.41. The molecule has 114 valence electrons. The fraction of sp³-hybridized carbons (Fsp3) is 0.875. The molecule has 1 aliphatic heterocycles. The molecule has 2 unspecified atom stereocenters. The second kappa shape index (κ2) is 5.70. The number of alkyl halides is 3. The molecule has 1 heterocycles. The van der Waals surface area contributed by atoms with Gasteiger partial charge in [0.25, 0.3) is 0 Å². The lowest BCUT2D eigenvalue weighted by molar-refractivity contribution is -0.140. The second-order valence-electron chi connectivity index (χ2n) is 3.70. The molecule has 11 heteroatoms. The molecule has 1 aliphatic rings. The van der Waals surface area contributed by atoms with Gasteiger partial charge in [-0.25, -0.2) is 8.42 Å². The van der Waals surface area contributed by atoms with Gasteiger partial charge in [-0.1, -0.05) is 10.3 Å². The summed E-state index contributed by atoms with van der Waals surface area (Å²) in [6.07, 6.45) is 1.25. The summed E-state index contributed by atoms with van der Waals surface area (Å²) in [7, 11) is -8.43. The molecule has 0 bridgehead atoms. The van der Waals surface area contributed by atoms with Gasteiger partial charge in [0.2, 0.25) is 0 Å². The van der Waals surface area contributed by atoms with Gasteiger partial charge in [-0.2, -0.15) is 21.6 Å². The standard InChI is InChI=1S/C8H13F3O5S3/c1-3-15-6(12)7-17-4-5-18(7,2)16-19(13,14)8(9,10)11/h7H,3-5H2,1-2H3. The number of esters is 1. The van der Waals surface area contributed by atoms with E-state index in [1.54, 1.807) is 6.92 Å². The molecule has 1 saturated heterocycles. The summed E-state index contributed by atoms with van der Waals surface area (Å²) in [6, 6.07) is 0. The summed E-state index contributed by atoms with van der Waals surface area (Å²) >= 11 is 1.05. The van der Waals surface area contributed by atoms with Crippen LogP contribution in [-0.2, 0) is 23.3 Å². The Morgan fingerprint density at radius 1 is 1.47 bits per heavy atom. The fourth-order valence-electron chi connectivity index (χ4n) is 1.37. The second-order valence-corrected chi connectivity index (χ2v) is 10.1. The number of carbonyl (C=O) groups excluding carboxylic acids is 1. The molecule has 0 radical (unpaired) electrons. The van der Waals surface area contributed by atoms with Gasteiger partial charge in [0.1, 0.15) is 0 Å². The molecule has 0 saturated carbocycles. The van der Waals surface area contributed by atoms with Crippen molar-refractivity contribution in [2.24, 2.45) is 0 Å². The SMILES string of the molecule is CCOC(=O)C1SCCS1(C)OS(=O)(=O)C(F)(F)F. The van der Waals surface area contributed by atoms with Crippen LogP contribution >= 0.6 is 22.1 Å². The van der Waals surface area contributed by atoms with Crippen molar-refractivity contribution in [3.05, 3.63) is 0 Å². The van der Waals surface area contributed by atoms with Gasteiger partial charge in [-0.05, 0) is 13.2 Å². The first-order valence-corrected chi connectivity index (χ1v) is 9.74. The maximum atomic E-state index is 12.3. The Kier molecular flexibility index (Phi) is 5.08. The van der Waals surface area contributed by atoms with E-state index in [1.807, 2.05) is 0 Å². The van der Waals surface area contributed by atoms with Crippen LogP contribution in [-0.4, -0.2) is 48.8 Å². The van der Waals surface area contributed by atoms with Gasteiger partial charge in [-0.3, -0.25) is 0 Å². The van der Waals surface area contributed by atoms with Gasteiger partial charge in [0.05, 0.1) is 6.61 Å². The van der Waals surface area contributed by atoms with E-state index in [2.05, 4.69) is 3.63 Å². The minimum atomic E-state index is -5.71. The molecule has 0 spiro atoms. The van der Waals surface area contributed by atoms with Crippen molar-refractivity contribution in [1.29, 1.82) is 0 Å². The zero-order chi connectivity index (χ0) is 14.9. The lowest BCUT2D eigenvalue weighted by atomic mass is 10.7. The lowest BCUT2D eigenvalue weighted by Gasteiger charge is -2.33. The molecule has 0 aromatic carbocycles. The van der Waals surface area contributed by atoms with E-state index in [1.165, 1.54) is 6.26 Å². The molecule has 0 amide bonds. The minimum Gasteiger partial charge on any atom is -0.465 e. The predicted molar refractivity (Wildman–Crippen MR) is 67.3 cm³/mol. The van der Waals surface area contributed by atoms with Crippen LogP contribution in [0.4, 0.5) is 13.2 Å². The van der Waals surface area contributed by atoms with E-state index >= 15 is 0 Å². The molecule has 1 fully saturated rings. The van der Waals surface area contributed by atoms with Gasteiger partial charge in [0, 0.05) is 11.5 Å². The summed E-state index contributed by atoms with van der Waals surface area (Å²) in [6.45, 7) is 1.62. The number of rotatable bonds is 4. The largest absolute Gasteiger partial charge is 0.523 e. The summed E-state index contributed by atoms with van der Waals surface area (Å²) in [5.41, 5.74) is -5.49. The van der Waals surface area contributed by atoms with E-state index in [-0.39, 0.29) is 12.4 Å². The average molecular weight is 342 g/mol. The third-order valence-corrected chi connectivity index (χ3v) is 9.68. The van der Waals surface area contributed by atoms with Crippen molar-refractivity contribution in [3.8, 4) is 0 Å². The van der Waals surface area contributed by atoms with Crippen molar-refractivity contribution in [1.82, 2.24) is 0 Å². The Bertz CT molecular complexity index is 449. The minimum absolute atomic E-state index is 0.0669. The van der Waals surface area contributed by atoms with Gasteiger partial charge >= 0.3 is 21.6 Å². The first-order chi connectivity index (χ1) is 8.53. The molecule has 0 aliphatic carbocycles. The number of ether oxygens (including phenoxy) is 1. The Hall–Kier alpha value is -0.130. The molecule has 1 rings (SSSR count). The predicted octanol–water partition coefficient (Wildman–Crippen LogP) is 1.84. The van der Waals surface area contributed by atoms with Gasteiger partial charge < -0.3 is 4.74 Å². The average Bonchev–Trinajstić information content (AvgIpc) is 2.57. The zero-order valence-corrected chi connectivity index (χ0v) is 12.5. The van der Waals surface area contributed by atoms with E-state index in [4.69, 9.17) is 4.74 Å². The molecule has 0 N–H and O–H groups in total. The van der Waals surface area contributed by atoms with Crippen molar-refractivity contribution in [2.75, 3.05) is 24.4 Å². The lowest BCUT2D eigenvalue weighted by Crippen LogP contribution is -2.32. The van der Waals surface area contributed by atoms with Crippen molar-refractivity contribution in [3.63, 3.8) is 0 Å². The van der Waals surface area contributed by atoms with Gasteiger partial charge in [0.15, 0.2) is 4.58 Å². The summed E-state index contributed by atoms with van der Waals surface area (Å²) in [5, 5.41) is 0. The highest BCUT2D eigenvalue weighted by atomic mass is 32.3. The van der Waals surface area contributed by atoms with Crippen molar-refractivity contribution < 1.29 is 34.7 Å². The van der Waals surface area contributed by atoms with Crippen LogP contribution in [0.15, 0.2) is 0 Å². The topological polar surface area (TPSA) is 69.7 Å². The Balaban J connectivity index is 2.94. The number of halogens is 3. The maximum absolute atomic E-state index is 12.3. The molecular formula is C8H13F3O5S3. The highest BCUT2D eigenvalue weighted by Gasteiger charge is 2.54. The maximum Gasteiger partial charge on any atom is 0.523 e. The van der Waals surface area contributed by atoms with E-state index in [9.17, 15) is 26.4 Å². The van der Waals surface area contributed by atoms with Crippen LogP contribution in [0.3, 0.4) is 0 Å². The number of carbonyl (C=O) groups is 1. The Labute approximate surface area is 114 Å². The first kappa shape index (κ1) is 16.9. The fourth-order valence-corrected chi connectivity index (χ4v) is 8.70. The third-order valence-electron chi connectivity index (χ3n) is 2.22. The Morgan fingerprint density at radius 3 is 2.53 bits per heavy atom. The van der Waals surface area contributed by atoms with Crippen LogP contribution in [0.2, 0.25) is 0 Å². The van der Waals surface area contributed by atoms with Crippen molar-refractivity contribution >= 4 is 38.2 Å². The van der Waals surface area contributed by atoms with E-state index in [0.29, 0.717) is 5.75 Å². The summed E-state index contributed by atoms with van der Waals surface area (Å²) in [4.78, 5) is 11.6. The van der Waals surface area contributed by atoms with E-state index in [0.717, 1.165) is 11.8 Å². The molecule has 0 aromatic rings. The van der Waals surface area contributed by atoms with Gasteiger partial charge in [-0.15, -0.1) is 11.8 Å². The molecule has 19 heavy (non-hydrogen) atoms. The van der Waals surface area contributed by atoms with Crippen LogP contribution in [0.25, 0.3) is 0 Å². The number of hydrogen-bond donors (Lipinski definition) is 0. The molecule has 2 atom stereocenters. The summed E-state index contributed by atoms with van der Waals surface area (Å²) in [5.74, 6) is -0.293. The van der Waals surface area contributed by atoms with E-state index < -0.39 is 36.5 Å². The highest BCUT2D eigenvalue weighted by Crippen LogP contribution is 2.61. The van der Waals surface area contributed by atoms with Crippen molar-refractivity contribution in [2.45, 2.75) is 17.0 Å². The Morgan fingerprint density at radius 2 is 2.05 bits per heavy atom. The number of thioether (sulfide) groups is 1. The third kappa shape index (κ3) is 3.70. The molecular weight excluding hydrogens is 329 g/mol. The quantitative estimate of drug-likeness (QED) is 0.573. The zero-order valence-electron chi connectivity index (χ0n) is 10.1.